The zero-order valence-electron chi connectivity index (χ0n) is 14.2. The Labute approximate surface area is 147 Å². The van der Waals surface area contributed by atoms with Crippen LogP contribution in [0.5, 0.6) is 0 Å². The van der Waals surface area contributed by atoms with Crippen molar-refractivity contribution in [2.24, 2.45) is 0 Å². The summed E-state index contributed by atoms with van der Waals surface area (Å²) in [7, 11) is 0. The highest BCUT2D eigenvalue weighted by atomic mass is 16.3. The molecule has 4 nitrogen and oxygen atoms in total. The predicted octanol–water partition coefficient (Wildman–Crippen LogP) is 3.58. The molecule has 3 aromatic rings. The molecular formula is C21H22N2O2. The van der Waals surface area contributed by atoms with Crippen LogP contribution in [-0.4, -0.2) is 12.5 Å². The van der Waals surface area contributed by atoms with E-state index in [4.69, 9.17) is 4.42 Å². The fraction of sp³-hybridized carbons (Fsp3) is 0.190. The second kappa shape index (κ2) is 8.31. The van der Waals surface area contributed by atoms with E-state index in [2.05, 4.69) is 10.6 Å². The molecule has 0 bridgehead atoms. The van der Waals surface area contributed by atoms with Crippen molar-refractivity contribution in [3.05, 3.63) is 95.4 Å². The van der Waals surface area contributed by atoms with Gasteiger partial charge in [-0.2, -0.15) is 0 Å². The standard InChI is InChI=1S/C21H22N2O2/c1-16-8-5-6-11-18(16)14-22-20(24)15-23-21(19-12-7-13-25-19)17-9-3-2-4-10-17/h2-13,21,23H,14-15H2,1H3,(H,22,24)/t21-/m1/s1. The van der Waals surface area contributed by atoms with E-state index in [0.29, 0.717) is 6.54 Å². The maximum absolute atomic E-state index is 12.2. The molecule has 0 radical (unpaired) electrons. The minimum absolute atomic E-state index is 0.0456. The summed E-state index contributed by atoms with van der Waals surface area (Å²) in [5.41, 5.74) is 3.36. The third-order valence-corrected chi connectivity index (χ3v) is 4.16. The minimum atomic E-state index is -0.152. The number of rotatable bonds is 7. The first-order valence-electron chi connectivity index (χ1n) is 8.37. The van der Waals surface area contributed by atoms with E-state index in [1.807, 2.05) is 73.7 Å². The number of carbonyl (C=O) groups excluding carboxylic acids is 1. The monoisotopic (exact) mass is 334 g/mol. The van der Waals surface area contributed by atoms with Crippen LogP contribution < -0.4 is 10.6 Å². The van der Waals surface area contributed by atoms with Crippen molar-refractivity contribution in [1.82, 2.24) is 10.6 Å². The highest BCUT2D eigenvalue weighted by Crippen LogP contribution is 2.21. The SMILES string of the molecule is Cc1ccccc1CNC(=O)CN[C@H](c1ccccc1)c1ccco1. The summed E-state index contributed by atoms with van der Waals surface area (Å²) in [6.07, 6.45) is 1.64. The van der Waals surface area contributed by atoms with Gasteiger partial charge in [0, 0.05) is 6.54 Å². The number of nitrogens with one attached hydrogen (secondary N) is 2. The van der Waals surface area contributed by atoms with Gasteiger partial charge in [-0.1, -0.05) is 54.6 Å². The lowest BCUT2D eigenvalue weighted by atomic mass is 10.0. The molecule has 25 heavy (non-hydrogen) atoms. The van der Waals surface area contributed by atoms with Gasteiger partial charge in [-0.25, -0.2) is 0 Å². The molecule has 1 atom stereocenters. The first-order valence-corrected chi connectivity index (χ1v) is 8.37. The molecule has 3 rings (SSSR count). The van der Waals surface area contributed by atoms with Crippen molar-refractivity contribution in [2.45, 2.75) is 19.5 Å². The maximum atomic E-state index is 12.2. The molecule has 0 aliphatic carbocycles. The molecule has 1 amide bonds. The van der Waals surface area contributed by atoms with Gasteiger partial charge < -0.3 is 9.73 Å². The van der Waals surface area contributed by atoms with Crippen LogP contribution >= 0.6 is 0 Å². The molecule has 1 heterocycles. The van der Waals surface area contributed by atoms with Crippen molar-refractivity contribution >= 4 is 5.91 Å². The minimum Gasteiger partial charge on any atom is -0.467 e. The van der Waals surface area contributed by atoms with E-state index in [-0.39, 0.29) is 18.5 Å². The van der Waals surface area contributed by atoms with Gasteiger partial charge in [0.2, 0.25) is 5.91 Å². The first kappa shape index (κ1) is 17.0. The zero-order chi connectivity index (χ0) is 17.5. The van der Waals surface area contributed by atoms with Gasteiger partial charge in [-0.05, 0) is 35.7 Å². The average Bonchev–Trinajstić information content (AvgIpc) is 3.16. The van der Waals surface area contributed by atoms with Crippen LogP contribution in [0.15, 0.2) is 77.4 Å². The van der Waals surface area contributed by atoms with Crippen LogP contribution in [0.1, 0.15) is 28.5 Å². The van der Waals surface area contributed by atoms with E-state index < -0.39 is 0 Å². The van der Waals surface area contributed by atoms with Crippen LogP contribution in [-0.2, 0) is 11.3 Å². The number of hydrogen-bond donors (Lipinski definition) is 2. The molecule has 2 N–H and O–H groups in total. The van der Waals surface area contributed by atoms with Gasteiger partial charge >= 0.3 is 0 Å². The molecule has 2 aromatic carbocycles. The Morgan fingerprint density at radius 1 is 1.00 bits per heavy atom. The number of furan rings is 1. The summed E-state index contributed by atoms with van der Waals surface area (Å²) < 4.78 is 5.53. The number of benzene rings is 2. The Bertz CT molecular complexity index is 798. The van der Waals surface area contributed by atoms with Gasteiger partial charge in [-0.15, -0.1) is 0 Å². The van der Waals surface area contributed by atoms with Crippen molar-refractivity contribution < 1.29 is 9.21 Å². The second-order valence-corrected chi connectivity index (χ2v) is 5.94. The van der Waals surface area contributed by atoms with E-state index in [1.54, 1.807) is 6.26 Å². The highest BCUT2D eigenvalue weighted by molar-refractivity contribution is 5.78. The van der Waals surface area contributed by atoms with Crippen LogP contribution in [0.3, 0.4) is 0 Å². The van der Waals surface area contributed by atoms with Crippen molar-refractivity contribution in [3.8, 4) is 0 Å². The lowest BCUT2D eigenvalue weighted by molar-refractivity contribution is -0.120. The zero-order valence-corrected chi connectivity index (χ0v) is 14.2. The normalized spacial score (nSPS) is 11.9. The Hall–Kier alpha value is -2.85. The topological polar surface area (TPSA) is 54.3 Å². The predicted molar refractivity (Wildman–Crippen MR) is 98.0 cm³/mol. The summed E-state index contributed by atoms with van der Waals surface area (Å²) in [4.78, 5) is 12.2. The summed E-state index contributed by atoms with van der Waals surface area (Å²) in [5.74, 6) is 0.744. The molecule has 0 aliphatic heterocycles. The molecule has 4 heteroatoms. The highest BCUT2D eigenvalue weighted by Gasteiger charge is 2.17. The fourth-order valence-electron chi connectivity index (χ4n) is 2.74. The Kier molecular flexibility index (Phi) is 5.65. The van der Waals surface area contributed by atoms with E-state index in [1.165, 1.54) is 5.56 Å². The van der Waals surface area contributed by atoms with Gasteiger partial charge in [0.1, 0.15) is 5.76 Å². The van der Waals surface area contributed by atoms with Crippen LogP contribution in [0.2, 0.25) is 0 Å². The average molecular weight is 334 g/mol. The Morgan fingerprint density at radius 2 is 1.76 bits per heavy atom. The molecule has 0 saturated heterocycles. The second-order valence-electron chi connectivity index (χ2n) is 5.94. The van der Waals surface area contributed by atoms with Crippen molar-refractivity contribution in [2.75, 3.05) is 6.54 Å². The van der Waals surface area contributed by atoms with Crippen LogP contribution in [0, 0.1) is 6.92 Å². The largest absolute Gasteiger partial charge is 0.467 e. The Balaban J connectivity index is 1.60. The molecule has 0 fully saturated rings. The van der Waals surface area contributed by atoms with Gasteiger partial charge in [0.15, 0.2) is 0 Å². The summed E-state index contributed by atoms with van der Waals surface area (Å²) in [6, 6.07) is 21.6. The first-order chi connectivity index (χ1) is 12.2. The number of carbonyl (C=O) groups is 1. The molecule has 0 saturated carbocycles. The van der Waals surface area contributed by atoms with Gasteiger partial charge in [-0.3, -0.25) is 10.1 Å². The number of aryl methyl sites for hydroxylation is 1. The molecule has 0 aliphatic rings. The van der Waals surface area contributed by atoms with Gasteiger partial charge in [0.05, 0.1) is 18.8 Å². The van der Waals surface area contributed by atoms with Crippen LogP contribution in [0.25, 0.3) is 0 Å². The summed E-state index contributed by atoms with van der Waals surface area (Å²) >= 11 is 0. The molecule has 0 unspecified atom stereocenters. The molecule has 128 valence electrons. The number of hydrogen-bond acceptors (Lipinski definition) is 3. The molecule has 0 spiro atoms. The summed E-state index contributed by atoms with van der Waals surface area (Å²) in [5, 5.41) is 6.24. The van der Waals surface area contributed by atoms with Crippen LogP contribution in [0.4, 0.5) is 0 Å². The van der Waals surface area contributed by atoms with Gasteiger partial charge in [0.25, 0.3) is 0 Å². The third-order valence-electron chi connectivity index (χ3n) is 4.16. The molecule has 1 aromatic heterocycles. The van der Waals surface area contributed by atoms with E-state index in [0.717, 1.165) is 16.9 Å². The maximum Gasteiger partial charge on any atom is 0.234 e. The molecular weight excluding hydrogens is 312 g/mol. The smallest absolute Gasteiger partial charge is 0.234 e. The number of amides is 1. The fourth-order valence-corrected chi connectivity index (χ4v) is 2.74. The lowest BCUT2D eigenvalue weighted by Gasteiger charge is -2.17. The van der Waals surface area contributed by atoms with E-state index >= 15 is 0 Å². The van der Waals surface area contributed by atoms with Crippen molar-refractivity contribution in [3.63, 3.8) is 0 Å². The lowest BCUT2D eigenvalue weighted by Crippen LogP contribution is -2.35. The van der Waals surface area contributed by atoms with E-state index in [9.17, 15) is 4.79 Å². The quantitative estimate of drug-likeness (QED) is 0.694. The Morgan fingerprint density at radius 3 is 2.48 bits per heavy atom. The summed E-state index contributed by atoms with van der Waals surface area (Å²) in [6.45, 7) is 2.79. The third kappa shape index (κ3) is 4.58. The van der Waals surface area contributed by atoms with Crippen molar-refractivity contribution in [1.29, 1.82) is 0 Å².